The van der Waals surface area contributed by atoms with Crippen molar-refractivity contribution in [3.8, 4) is 22.6 Å². The summed E-state index contributed by atoms with van der Waals surface area (Å²) >= 11 is 0. The number of aromatic amines is 1. The summed E-state index contributed by atoms with van der Waals surface area (Å²) in [7, 11) is 0. The van der Waals surface area contributed by atoms with Gasteiger partial charge in [-0.1, -0.05) is 29.4 Å². The van der Waals surface area contributed by atoms with Gasteiger partial charge in [0.2, 0.25) is 12.3 Å². The number of pyridine rings is 1. The molecule has 0 atom stereocenters. The van der Waals surface area contributed by atoms with E-state index in [2.05, 4.69) is 15.1 Å². The molecular weight excluding hydrogens is 443 g/mol. The fraction of sp³-hybridized carbons (Fsp3) is 0.0870. The molecule has 3 aromatic heterocycles. The van der Waals surface area contributed by atoms with Gasteiger partial charge >= 0.3 is 6.18 Å². The number of benzene rings is 2. The molecule has 0 radical (unpaired) electrons. The normalized spacial score (nSPS) is 11.9. The highest BCUT2D eigenvalue weighted by molar-refractivity contribution is 5.77. The number of fused-ring (bicyclic) bond motifs is 1. The zero-order valence-corrected chi connectivity index (χ0v) is 16.7. The number of hydrogen-bond donors (Lipinski definition) is 1. The monoisotopic (exact) mass is 457 g/mol. The summed E-state index contributed by atoms with van der Waals surface area (Å²) < 4.78 is 74.5. The molecule has 10 heteroatoms. The fourth-order valence-corrected chi connectivity index (χ4v) is 3.56. The van der Waals surface area contributed by atoms with Gasteiger partial charge in [0.15, 0.2) is 24.0 Å². The number of H-pyrrole nitrogens is 1. The maximum atomic E-state index is 14.1. The van der Waals surface area contributed by atoms with E-state index in [0.717, 1.165) is 12.1 Å². The number of alkyl halides is 3. The van der Waals surface area contributed by atoms with Gasteiger partial charge in [-0.2, -0.15) is 17.7 Å². The zero-order chi connectivity index (χ0) is 23.2. The van der Waals surface area contributed by atoms with Crippen molar-refractivity contribution in [2.45, 2.75) is 12.7 Å². The van der Waals surface area contributed by atoms with E-state index in [1.807, 2.05) is 0 Å². The van der Waals surface area contributed by atoms with E-state index < -0.39 is 23.4 Å². The number of nitrogens with zero attached hydrogens (tertiary/aromatic N) is 3. The SMILES string of the molecule is Fc1cccc(-c2nc3cc[n+](Cc4cc(-c5ccccc5C(F)(F)F)no4)cc3[nH]2)c1F. The van der Waals surface area contributed by atoms with Crippen molar-refractivity contribution in [1.82, 2.24) is 15.1 Å². The molecule has 0 amide bonds. The van der Waals surface area contributed by atoms with E-state index in [9.17, 15) is 22.0 Å². The smallest absolute Gasteiger partial charge is 0.354 e. The molecule has 166 valence electrons. The first-order valence-corrected chi connectivity index (χ1v) is 9.75. The molecule has 0 spiro atoms. The van der Waals surface area contributed by atoms with Crippen LogP contribution in [0.3, 0.4) is 0 Å². The van der Waals surface area contributed by atoms with Crippen molar-refractivity contribution in [2.24, 2.45) is 0 Å². The molecule has 1 N–H and O–H groups in total. The second-order valence-corrected chi connectivity index (χ2v) is 7.32. The molecular formula is C23H14F5N4O+. The first kappa shape index (κ1) is 20.8. The lowest BCUT2D eigenvalue weighted by Gasteiger charge is -2.10. The zero-order valence-electron chi connectivity index (χ0n) is 16.7. The van der Waals surface area contributed by atoms with Crippen LogP contribution in [0.15, 0.2) is 71.5 Å². The topological polar surface area (TPSA) is 58.6 Å². The number of halogens is 5. The Kier molecular flexibility index (Phi) is 4.92. The molecule has 2 aromatic carbocycles. The van der Waals surface area contributed by atoms with Crippen LogP contribution in [0, 0.1) is 11.6 Å². The third-order valence-electron chi connectivity index (χ3n) is 5.09. The summed E-state index contributed by atoms with van der Waals surface area (Å²) in [6.07, 6.45) is -1.16. The summed E-state index contributed by atoms with van der Waals surface area (Å²) in [5, 5.41) is 3.80. The van der Waals surface area contributed by atoms with Crippen LogP contribution in [0.25, 0.3) is 33.7 Å². The van der Waals surface area contributed by atoms with Gasteiger partial charge in [-0.3, -0.25) is 0 Å². The molecule has 0 aliphatic carbocycles. The standard InChI is InChI=1S/C23H13F5N4O/c24-17-7-3-5-15(21(17)25)22-29-18-8-9-32(12-20(18)30-22)11-13-10-19(31-33-13)14-4-1-2-6-16(14)23(26,27)28/h1-10,12H,11H2/p+1. The molecule has 0 saturated heterocycles. The van der Waals surface area contributed by atoms with Gasteiger partial charge in [0.25, 0.3) is 0 Å². The van der Waals surface area contributed by atoms with Gasteiger partial charge in [0, 0.05) is 17.7 Å². The van der Waals surface area contributed by atoms with Gasteiger partial charge in [-0.05, 0) is 18.2 Å². The second-order valence-electron chi connectivity index (χ2n) is 7.32. The van der Waals surface area contributed by atoms with E-state index in [0.29, 0.717) is 16.8 Å². The third kappa shape index (κ3) is 3.95. The predicted molar refractivity (Wildman–Crippen MR) is 108 cm³/mol. The van der Waals surface area contributed by atoms with Crippen molar-refractivity contribution in [2.75, 3.05) is 0 Å². The lowest BCUT2D eigenvalue weighted by molar-refractivity contribution is -0.688. The first-order chi connectivity index (χ1) is 15.8. The fourth-order valence-electron chi connectivity index (χ4n) is 3.56. The van der Waals surface area contributed by atoms with Crippen LogP contribution >= 0.6 is 0 Å². The van der Waals surface area contributed by atoms with Crippen LogP contribution in [-0.4, -0.2) is 15.1 Å². The molecule has 0 fully saturated rings. The first-order valence-electron chi connectivity index (χ1n) is 9.75. The Labute approximate surface area is 183 Å². The minimum absolute atomic E-state index is 0.000885. The van der Waals surface area contributed by atoms with E-state index in [1.54, 1.807) is 23.0 Å². The number of aromatic nitrogens is 4. The van der Waals surface area contributed by atoms with Crippen LogP contribution in [0.2, 0.25) is 0 Å². The van der Waals surface area contributed by atoms with Crippen LogP contribution in [0.4, 0.5) is 22.0 Å². The molecule has 0 bridgehead atoms. The lowest BCUT2D eigenvalue weighted by Crippen LogP contribution is -2.32. The van der Waals surface area contributed by atoms with E-state index >= 15 is 0 Å². The summed E-state index contributed by atoms with van der Waals surface area (Å²) in [6.45, 7) is 0.180. The Bertz CT molecular complexity index is 1470. The summed E-state index contributed by atoms with van der Waals surface area (Å²) in [4.78, 5) is 7.24. The Morgan fingerprint density at radius 3 is 2.58 bits per heavy atom. The Hall–Kier alpha value is -4.08. The highest BCUT2D eigenvalue weighted by atomic mass is 19.4. The summed E-state index contributed by atoms with van der Waals surface area (Å²) in [6, 6.07) is 12.1. The van der Waals surface area contributed by atoms with E-state index in [1.165, 1.54) is 36.4 Å². The molecule has 33 heavy (non-hydrogen) atoms. The minimum Gasteiger partial charge on any atom is -0.354 e. The van der Waals surface area contributed by atoms with Gasteiger partial charge in [0.1, 0.15) is 22.6 Å². The van der Waals surface area contributed by atoms with E-state index in [-0.39, 0.29) is 29.2 Å². The summed E-state index contributed by atoms with van der Waals surface area (Å²) in [5.41, 5.74) is 0.288. The Balaban J connectivity index is 1.43. The third-order valence-corrected chi connectivity index (χ3v) is 5.09. The van der Waals surface area contributed by atoms with Crippen LogP contribution in [-0.2, 0) is 12.7 Å². The molecule has 0 aliphatic heterocycles. The van der Waals surface area contributed by atoms with Gasteiger partial charge in [-0.15, -0.1) is 0 Å². The molecule has 0 saturated carbocycles. The minimum atomic E-state index is -4.52. The molecule has 5 aromatic rings. The van der Waals surface area contributed by atoms with Crippen molar-refractivity contribution < 1.29 is 31.0 Å². The highest BCUT2D eigenvalue weighted by Gasteiger charge is 2.34. The Morgan fingerprint density at radius 2 is 1.76 bits per heavy atom. The molecule has 0 unspecified atom stereocenters. The maximum absolute atomic E-state index is 14.1. The average Bonchev–Trinajstić information content (AvgIpc) is 3.42. The molecule has 0 aliphatic rings. The van der Waals surface area contributed by atoms with Crippen LogP contribution in [0.1, 0.15) is 11.3 Å². The van der Waals surface area contributed by atoms with Crippen LogP contribution in [0.5, 0.6) is 0 Å². The molecule has 3 heterocycles. The second kappa shape index (κ2) is 7.80. The Morgan fingerprint density at radius 1 is 0.970 bits per heavy atom. The highest BCUT2D eigenvalue weighted by Crippen LogP contribution is 2.36. The number of hydrogen-bond acceptors (Lipinski definition) is 3. The quantitative estimate of drug-likeness (QED) is 0.286. The van der Waals surface area contributed by atoms with Crippen molar-refractivity contribution in [1.29, 1.82) is 0 Å². The van der Waals surface area contributed by atoms with Crippen molar-refractivity contribution in [3.63, 3.8) is 0 Å². The van der Waals surface area contributed by atoms with Gasteiger partial charge in [-0.25, -0.2) is 13.8 Å². The predicted octanol–water partition coefficient (Wildman–Crippen LogP) is 5.52. The molecule has 5 nitrogen and oxygen atoms in total. The average molecular weight is 457 g/mol. The summed E-state index contributed by atoms with van der Waals surface area (Å²) in [5.74, 6) is -1.47. The largest absolute Gasteiger partial charge is 0.417 e. The van der Waals surface area contributed by atoms with Gasteiger partial charge in [0.05, 0.1) is 11.1 Å². The van der Waals surface area contributed by atoms with E-state index in [4.69, 9.17) is 4.52 Å². The van der Waals surface area contributed by atoms with Crippen molar-refractivity contribution >= 4 is 11.0 Å². The number of imidazole rings is 1. The molecule has 5 rings (SSSR count). The number of nitrogens with one attached hydrogen (secondary N) is 1. The number of rotatable bonds is 4. The van der Waals surface area contributed by atoms with Crippen LogP contribution < -0.4 is 4.57 Å². The van der Waals surface area contributed by atoms with Gasteiger partial charge < -0.3 is 9.51 Å². The lowest BCUT2D eigenvalue weighted by atomic mass is 10.0. The maximum Gasteiger partial charge on any atom is 0.417 e. The van der Waals surface area contributed by atoms with Crippen molar-refractivity contribution in [3.05, 3.63) is 89.9 Å².